The van der Waals surface area contributed by atoms with Crippen molar-refractivity contribution in [2.75, 3.05) is 7.11 Å². The number of fused-ring (bicyclic) bond motifs is 2. The first kappa shape index (κ1) is 18.7. The van der Waals surface area contributed by atoms with E-state index in [0.717, 1.165) is 36.4 Å². The minimum Gasteiger partial charge on any atom is -0.496 e. The van der Waals surface area contributed by atoms with Crippen LogP contribution in [0.1, 0.15) is 16.1 Å². The topological polar surface area (TPSA) is 63.8 Å². The summed E-state index contributed by atoms with van der Waals surface area (Å²) in [5.74, 6) is 0.551. The molecule has 1 amide bonds. The Morgan fingerprint density at radius 2 is 1.89 bits per heavy atom. The van der Waals surface area contributed by atoms with Gasteiger partial charge in [-0.1, -0.05) is 40.2 Å². The third kappa shape index (κ3) is 3.55. The normalized spacial score (nSPS) is 11.4. The molecule has 0 aliphatic rings. The Balaban J connectivity index is 1.58. The highest BCUT2D eigenvalue weighted by Crippen LogP contribution is 2.31. The third-order valence-corrected chi connectivity index (χ3v) is 5.31. The number of furan rings is 1. The van der Waals surface area contributed by atoms with E-state index in [9.17, 15) is 4.79 Å². The Labute approximate surface area is 177 Å². The molecule has 0 aliphatic carbocycles. The van der Waals surface area contributed by atoms with Crippen LogP contribution in [0.4, 0.5) is 0 Å². The highest BCUT2D eigenvalue weighted by molar-refractivity contribution is 9.11. The summed E-state index contributed by atoms with van der Waals surface area (Å²) in [7, 11) is 1.64. The Kier molecular flexibility index (Phi) is 5.19. The molecule has 0 atom stereocenters. The summed E-state index contributed by atoms with van der Waals surface area (Å²) in [4.78, 5) is 12.4. The van der Waals surface area contributed by atoms with Gasteiger partial charge in [0.15, 0.2) is 5.76 Å². The predicted molar refractivity (Wildman–Crippen MR) is 117 cm³/mol. The standard InChI is InChI=1S/C21H14Br2N2O3/c1-27-18-7-6-12(15-4-2-3-5-16(15)18)11-24-25-21(26)19-9-13-8-14(22)10-17(23)20(13)28-19/h2-11H,1H3,(H,25,26)/b24-11-. The maximum Gasteiger partial charge on any atom is 0.307 e. The molecule has 3 aromatic carbocycles. The molecule has 0 radical (unpaired) electrons. The van der Waals surface area contributed by atoms with Gasteiger partial charge in [0.1, 0.15) is 11.3 Å². The number of nitrogens with one attached hydrogen (secondary N) is 1. The number of benzene rings is 3. The molecule has 1 heterocycles. The van der Waals surface area contributed by atoms with Crippen LogP contribution in [0.3, 0.4) is 0 Å². The van der Waals surface area contributed by atoms with Crippen molar-refractivity contribution in [3.63, 3.8) is 0 Å². The highest BCUT2D eigenvalue weighted by Gasteiger charge is 2.14. The van der Waals surface area contributed by atoms with Crippen LogP contribution in [0, 0.1) is 0 Å². The quantitative estimate of drug-likeness (QED) is 0.280. The van der Waals surface area contributed by atoms with Crippen molar-refractivity contribution in [3.8, 4) is 5.75 Å². The number of rotatable bonds is 4. The first-order valence-electron chi connectivity index (χ1n) is 8.34. The second-order valence-corrected chi connectivity index (χ2v) is 7.79. The van der Waals surface area contributed by atoms with Crippen molar-refractivity contribution in [2.45, 2.75) is 0 Å². The largest absolute Gasteiger partial charge is 0.496 e. The minimum atomic E-state index is -0.423. The van der Waals surface area contributed by atoms with E-state index in [1.807, 2.05) is 48.5 Å². The van der Waals surface area contributed by atoms with Crippen LogP contribution < -0.4 is 10.2 Å². The molecule has 7 heteroatoms. The second kappa shape index (κ2) is 7.77. The van der Waals surface area contributed by atoms with Crippen LogP contribution in [0.15, 0.2) is 73.1 Å². The number of nitrogens with zero attached hydrogens (tertiary/aromatic N) is 1. The number of methoxy groups -OCH3 is 1. The smallest absolute Gasteiger partial charge is 0.307 e. The molecule has 1 N–H and O–H groups in total. The van der Waals surface area contributed by atoms with Crippen molar-refractivity contribution >= 4 is 65.7 Å². The van der Waals surface area contributed by atoms with E-state index in [2.05, 4.69) is 42.4 Å². The lowest BCUT2D eigenvalue weighted by Gasteiger charge is -2.07. The Hall–Kier alpha value is -2.64. The summed E-state index contributed by atoms with van der Waals surface area (Å²) in [5.41, 5.74) is 3.99. The minimum absolute atomic E-state index is 0.186. The summed E-state index contributed by atoms with van der Waals surface area (Å²) >= 11 is 6.86. The fourth-order valence-electron chi connectivity index (χ4n) is 2.99. The molecular weight excluding hydrogens is 488 g/mol. The molecule has 0 bridgehead atoms. The van der Waals surface area contributed by atoms with Gasteiger partial charge in [0.2, 0.25) is 0 Å². The van der Waals surface area contributed by atoms with Gasteiger partial charge in [-0.2, -0.15) is 5.10 Å². The molecule has 0 unspecified atom stereocenters. The third-order valence-electron chi connectivity index (χ3n) is 4.27. The summed E-state index contributed by atoms with van der Waals surface area (Å²) in [6, 6.07) is 17.1. The number of ether oxygens (including phenoxy) is 1. The fourth-order valence-corrected chi connectivity index (χ4v) is 4.33. The van der Waals surface area contributed by atoms with Gasteiger partial charge in [0, 0.05) is 20.8 Å². The molecule has 0 aliphatic heterocycles. The molecule has 0 saturated carbocycles. The summed E-state index contributed by atoms with van der Waals surface area (Å²) < 4.78 is 12.7. The summed E-state index contributed by atoms with van der Waals surface area (Å²) in [6.07, 6.45) is 1.61. The lowest BCUT2D eigenvalue weighted by atomic mass is 10.0. The van der Waals surface area contributed by atoms with Crippen molar-refractivity contribution in [1.29, 1.82) is 0 Å². The van der Waals surface area contributed by atoms with Crippen LogP contribution >= 0.6 is 31.9 Å². The number of hydrogen-bond donors (Lipinski definition) is 1. The van der Waals surface area contributed by atoms with E-state index in [0.29, 0.717) is 5.58 Å². The van der Waals surface area contributed by atoms with Gasteiger partial charge in [0.25, 0.3) is 0 Å². The molecule has 28 heavy (non-hydrogen) atoms. The molecule has 4 rings (SSSR count). The first-order valence-corrected chi connectivity index (χ1v) is 9.93. The van der Waals surface area contributed by atoms with Gasteiger partial charge in [0.05, 0.1) is 17.8 Å². The average molecular weight is 502 g/mol. The number of amides is 1. The van der Waals surface area contributed by atoms with E-state index in [-0.39, 0.29) is 5.76 Å². The molecule has 5 nitrogen and oxygen atoms in total. The lowest BCUT2D eigenvalue weighted by Crippen LogP contribution is -2.16. The maximum absolute atomic E-state index is 12.4. The molecule has 1 aromatic heterocycles. The Morgan fingerprint density at radius 1 is 1.11 bits per heavy atom. The van der Waals surface area contributed by atoms with Crippen molar-refractivity contribution < 1.29 is 13.9 Å². The number of hydrogen-bond acceptors (Lipinski definition) is 4. The van der Waals surface area contributed by atoms with Crippen LogP contribution in [-0.4, -0.2) is 19.2 Å². The molecule has 0 saturated heterocycles. The van der Waals surface area contributed by atoms with Gasteiger partial charge >= 0.3 is 5.91 Å². The van der Waals surface area contributed by atoms with Gasteiger partial charge in [-0.3, -0.25) is 4.79 Å². The fraction of sp³-hybridized carbons (Fsp3) is 0.0476. The highest BCUT2D eigenvalue weighted by atomic mass is 79.9. The number of hydrazone groups is 1. The Morgan fingerprint density at radius 3 is 2.68 bits per heavy atom. The molecular formula is C21H14Br2N2O3. The number of carbonyl (C=O) groups excluding carboxylic acids is 1. The van der Waals surface area contributed by atoms with Gasteiger partial charge in [-0.25, -0.2) is 5.43 Å². The summed E-state index contributed by atoms with van der Waals surface area (Å²) in [5, 5.41) is 6.87. The van der Waals surface area contributed by atoms with Crippen molar-refractivity contribution in [2.24, 2.45) is 5.10 Å². The van der Waals surface area contributed by atoms with Crippen LogP contribution in [0.2, 0.25) is 0 Å². The van der Waals surface area contributed by atoms with Crippen LogP contribution in [-0.2, 0) is 0 Å². The van der Waals surface area contributed by atoms with E-state index >= 15 is 0 Å². The first-order chi connectivity index (χ1) is 13.6. The molecule has 0 spiro atoms. The van der Waals surface area contributed by atoms with Crippen LogP contribution in [0.5, 0.6) is 5.75 Å². The van der Waals surface area contributed by atoms with Gasteiger partial charge < -0.3 is 9.15 Å². The Bertz CT molecular complexity index is 1230. The van der Waals surface area contributed by atoms with Gasteiger partial charge in [-0.05, 0) is 51.6 Å². The molecule has 0 fully saturated rings. The predicted octanol–water partition coefficient (Wildman–Crippen LogP) is 5.88. The van der Waals surface area contributed by atoms with Crippen molar-refractivity contribution in [3.05, 3.63) is 74.9 Å². The van der Waals surface area contributed by atoms with Crippen LogP contribution in [0.25, 0.3) is 21.7 Å². The monoisotopic (exact) mass is 500 g/mol. The van der Waals surface area contributed by atoms with E-state index in [1.165, 1.54) is 0 Å². The number of halogens is 2. The van der Waals surface area contributed by atoms with E-state index in [1.54, 1.807) is 19.4 Å². The maximum atomic E-state index is 12.4. The zero-order chi connectivity index (χ0) is 19.7. The average Bonchev–Trinajstić information content (AvgIpc) is 3.12. The molecule has 4 aromatic rings. The van der Waals surface area contributed by atoms with E-state index in [4.69, 9.17) is 9.15 Å². The van der Waals surface area contributed by atoms with Gasteiger partial charge in [-0.15, -0.1) is 0 Å². The summed E-state index contributed by atoms with van der Waals surface area (Å²) in [6.45, 7) is 0. The second-order valence-electron chi connectivity index (χ2n) is 6.02. The van der Waals surface area contributed by atoms with E-state index < -0.39 is 5.91 Å². The number of carbonyl (C=O) groups is 1. The molecule has 140 valence electrons. The zero-order valence-electron chi connectivity index (χ0n) is 14.7. The van der Waals surface area contributed by atoms with Crippen molar-refractivity contribution in [1.82, 2.24) is 5.43 Å². The lowest BCUT2D eigenvalue weighted by molar-refractivity contribution is 0.0929. The SMILES string of the molecule is COc1ccc(/C=N\NC(=O)c2cc3cc(Br)cc(Br)c3o2)c2ccccc12. The zero-order valence-corrected chi connectivity index (χ0v) is 17.9.